The molecule has 1 saturated heterocycles. The van der Waals surface area contributed by atoms with E-state index in [-0.39, 0.29) is 11.6 Å². The second-order valence-corrected chi connectivity index (χ2v) is 5.87. The van der Waals surface area contributed by atoms with E-state index in [0.717, 1.165) is 17.8 Å². The summed E-state index contributed by atoms with van der Waals surface area (Å²) in [5.74, 6) is 0. The first kappa shape index (κ1) is 15.5. The molecule has 1 aliphatic heterocycles. The molecule has 2 amide bonds. The van der Waals surface area contributed by atoms with E-state index in [0.29, 0.717) is 19.7 Å². The molecule has 0 unspecified atom stereocenters. The highest BCUT2D eigenvalue weighted by Gasteiger charge is 2.32. The molecule has 1 N–H and O–H groups in total. The Labute approximate surface area is 135 Å². The average molecular weight is 315 g/mol. The van der Waals surface area contributed by atoms with E-state index in [1.54, 1.807) is 17.3 Å². The molecule has 0 bridgehead atoms. The van der Waals surface area contributed by atoms with Crippen molar-refractivity contribution in [3.05, 3.63) is 36.7 Å². The Balaban J connectivity index is 1.64. The zero-order chi connectivity index (χ0) is 16.3. The van der Waals surface area contributed by atoms with Crippen LogP contribution in [0.2, 0.25) is 0 Å². The summed E-state index contributed by atoms with van der Waals surface area (Å²) in [5.41, 5.74) is 1.33. The van der Waals surface area contributed by atoms with Crippen LogP contribution in [-0.4, -0.2) is 51.2 Å². The summed E-state index contributed by atoms with van der Waals surface area (Å²) in [7, 11) is 0. The van der Waals surface area contributed by atoms with Crippen molar-refractivity contribution in [1.29, 1.82) is 0 Å². The Bertz CT molecular complexity index is 656. The number of morpholine rings is 1. The van der Waals surface area contributed by atoms with Gasteiger partial charge in [-0.15, -0.1) is 0 Å². The number of carbonyl (C=O) groups excluding carboxylic acids is 1. The second-order valence-electron chi connectivity index (χ2n) is 5.87. The standard InChI is InChI=1S/C16H21N5O2/c1-3-16(2)12-20(10-11-23-16)15(22)19-13-4-6-14(7-5-13)21-17-8-9-18-21/h4-9H,3,10-12H2,1-2H3,(H,19,22)/t16-/m0/s1. The SMILES string of the molecule is CC[C@@]1(C)CN(C(=O)Nc2ccc(-n3nccn3)cc2)CCO1. The Morgan fingerprint density at radius 2 is 2.00 bits per heavy atom. The first-order valence-corrected chi connectivity index (χ1v) is 7.76. The van der Waals surface area contributed by atoms with Crippen LogP contribution in [0.1, 0.15) is 20.3 Å². The van der Waals surface area contributed by atoms with Crippen molar-refractivity contribution in [2.75, 3.05) is 25.0 Å². The number of hydrogen-bond acceptors (Lipinski definition) is 4. The van der Waals surface area contributed by atoms with Gasteiger partial charge in [0.2, 0.25) is 0 Å². The van der Waals surface area contributed by atoms with Crippen LogP contribution in [0.25, 0.3) is 5.69 Å². The van der Waals surface area contributed by atoms with E-state index < -0.39 is 0 Å². The van der Waals surface area contributed by atoms with Gasteiger partial charge in [0.15, 0.2) is 0 Å². The number of nitrogens with one attached hydrogen (secondary N) is 1. The molecule has 1 aromatic carbocycles. The normalized spacial score (nSPS) is 21.2. The van der Waals surface area contributed by atoms with Gasteiger partial charge in [0.05, 0.1) is 36.8 Å². The number of amides is 2. The van der Waals surface area contributed by atoms with Gasteiger partial charge in [0.25, 0.3) is 0 Å². The minimum Gasteiger partial charge on any atom is -0.372 e. The third kappa shape index (κ3) is 3.50. The summed E-state index contributed by atoms with van der Waals surface area (Å²) < 4.78 is 5.76. The lowest BCUT2D eigenvalue weighted by molar-refractivity contribution is -0.0860. The first-order chi connectivity index (χ1) is 11.1. The summed E-state index contributed by atoms with van der Waals surface area (Å²) in [6.45, 7) is 5.89. The van der Waals surface area contributed by atoms with Gasteiger partial charge in [-0.3, -0.25) is 0 Å². The van der Waals surface area contributed by atoms with Crippen molar-refractivity contribution >= 4 is 11.7 Å². The summed E-state index contributed by atoms with van der Waals surface area (Å²) in [5, 5.41) is 11.1. The molecule has 0 spiro atoms. The number of aromatic nitrogens is 3. The minimum absolute atomic E-state index is 0.0991. The number of anilines is 1. The molecule has 7 nitrogen and oxygen atoms in total. The second kappa shape index (κ2) is 6.37. The predicted octanol–water partition coefficient (Wildman–Crippen LogP) is 2.30. The molecule has 3 rings (SSSR count). The Hall–Kier alpha value is -2.41. The van der Waals surface area contributed by atoms with Gasteiger partial charge in [-0.1, -0.05) is 6.92 Å². The van der Waals surface area contributed by atoms with Crippen LogP contribution in [0.3, 0.4) is 0 Å². The lowest BCUT2D eigenvalue weighted by Gasteiger charge is -2.39. The summed E-state index contributed by atoms with van der Waals surface area (Å²) in [6.07, 6.45) is 4.13. The summed E-state index contributed by atoms with van der Waals surface area (Å²) in [6, 6.07) is 7.32. The van der Waals surface area contributed by atoms with Crippen molar-refractivity contribution in [2.45, 2.75) is 25.9 Å². The third-order valence-corrected chi connectivity index (χ3v) is 4.14. The number of hydrogen-bond donors (Lipinski definition) is 1. The fraction of sp³-hybridized carbons (Fsp3) is 0.438. The number of ether oxygens (including phenoxy) is 1. The van der Waals surface area contributed by atoms with E-state index in [4.69, 9.17) is 4.74 Å². The van der Waals surface area contributed by atoms with E-state index in [2.05, 4.69) is 22.4 Å². The quantitative estimate of drug-likeness (QED) is 0.943. The van der Waals surface area contributed by atoms with Crippen LogP contribution in [0.4, 0.5) is 10.5 Å². The molecule has 0 radical (unpaired) electrons. The molecule has 2 aromatic rings. The van der Waals surface area contributed by atoms with Gasteiger partial charge in [-0.2, -0.15) is 15.0 Å². The van der Waals surface area contributed by atoms with Crippen molar-refractivity contribution in [3.63, 3.8) is 0 Å². The van der Waals surface area contributed by atoms with Gasteiger partial charge in [0, 0.05) is 12.2 Å². The Morgan fingerprint density at radius 3 is 2.65 bits per heavy atom. The summed E-state index contributed by atoms with van der Waals surface area (Å²) >= 11 is 0. The van der Waals surface area contributed by atoms with E-state index >= 15 is 0 Å². The number of rotatable bonds is 3. The highest BCUT2D eigenvalue weighted by atomic mass is 16.5. The minimum atomic E-state index is -0.259. The van der Waals surface area contributed by atoms with Crippen molar-refractivity contribution in [3.8, 4) is 5.69 Å². The zero-order valence-corrected chi connectivity index (χ0v) is 13.4. The van der Waals surface area contributed by atoms with Crippen LogP contribution >= 0.6 is 0 Å². The lowest BCUT2D eigenvalue weighted by atomic mass is 10.0. The fourth-order valence-electron chi connectivity index (χ4n) is 2.55. The van der Waals surface area contributed by atoms with Gasteiger partial charge in [-0.05, 0) is 37.6 Å². The van der Waals surface area contributed by atoms with Gasteiger partial charge in [0.1, 0.15) is 0 Å². The lowest BCUT2D eigenvalue weighted by Crippen LogP contribution is -2.53. The molecular formula is C16H21N5O2. The monoisotopic (exact) mass is 315 g/mol. The van der Waals surface area contributed by atoms with Gasteiger partial charge in [-0.25, -0.2) is 4.79 Å². The smallest absolute Gasteiger partial charge is 0.322 e. The molecule has 23 heavy (non-hydrogen) atoms. The fourth-order valence-corrected chi connectivity index (χ4v) is 2.55. The van der Waals surface area contributed by atoms with Crippen LogP contribution in [-0.2, 0) is 4.74 Å². The summed E-state index contributed by atoms with van der Waals surface area (Å²) in [4.78, 5) is 15.7. The number of nitrogens with zero attached hydrogens (tertiary/aromatic N) is 4. The molecular weight excluding hydrogens is 294 g/mol. The molecule has 1 atom stereocenters. The molecule has 2 heterocycles. The number of carbonyl (C=O) groups is 1. The molecule has 7 heteroatoms. The number of benzene rings is 1. The molecule has 1 aromatic heterocycles. The van der Waals surface area contributed by atoms with Crippen LogP contribution in [0, 0.1) is 0 Å². The first-order valence-electron chi connectivity index (χ1n) is 7.76. The number of urea groups is 1. The predicted molar refractivity (Wildman–Crippen MR) is 86.6 cm³/mol. The largest absolute Gasteiger partial charge is 0.372 e. The molecule has 0 aliphatic carbocycles. The molecule has 122 valence electrons. The highest BCUT2D eigenvalue weighted by molar-refractivity contribution is 5.89. The average Bonchev–Trinajstić information content (AvgIpc) is 3.10. The van der Waals surface area contributed by atoms with Gasteiger partial charge < -0.3 is 15.0 Å². The van der Waals surface area contributed by atoms with Crippen LogP contribution in [0.5, 0.6) is 0 Å². The van der Waals surface area contributed by atoms with E-state index in [9.17, 15) is 4.79 Å². The third-order valence-electron chi connectivity index (χ3n) is 4.14. The van der Waals surface area contributed by atoms with E-state index in [1.165, 1.54) is 4.80 Å². The van der Waals surface area contributed by atoms with Crippen molar-refractivity contribution < 1.29 is 9.53 Å². The Kier molecular flexibility index (Phi) is 4.29. The van der Waals surface area contributed by atoms with Crippen LogP contribution < -0.4 is 5.32 Å². The molecule has 1 aliphatic rings. The zero-order valence-electron chi connectivity index (χ0n) is 13.4. The maximum Gasteiger partial charge on any atom is 0.322 e. The maximum absolute atomic E-state index is 12.4. The van der Waals surface area contributed by atoms with E-state index in [1.807, 2.05) is 31.2 Å². The maximum atomic E-state index is 12.4. The molecule has 1 fully saturated rings. The van der Waals surface area contributed by atoms with Crippen LogP contribution in [0.15, 0.2) is 36.7 Å². The topological polar surface area (TPSA) is 72.3 Å². The Morgan fingerprint density at radius 1 is 1.30 bits per heavy atom. The molecule has 0 saturated carbocycles. The van der Waals surface area contributed by atoms with Gasteiger partial charge >= 0.3 is 6.03 Å². The highest BCUT2D eigenvalue weighted by Crippen LogP contribution is 2.22. The van der Waals surface area contributed by atoms with Crippen molar-refractivity contribution in [1.82, 2.24) is 19.9 Å². The van der Waals surface area contributed by atoms with Crippen molar-refractivity contribution in [2.24, 2.45) is 0 Å².